The zero-order valence-electron chi connectivity index (χ0n) is 17.6. The smallest absolute Gasteiger partial charge is 0.307 e. The molecule has 32 heavy (non-hydrogen) atoms. The average molecular weight is 448 g/mol. The minimum Gasteiger partial charge on any atom is -0.317 e. The van der Waals surface area contributed by atoms with Crippen LogP contribution in [0.25, 0.3) is 5.69 Å². The molecular weight excluding hydrogens is 427 g/mol. The molecule has 0 spiro atoms. The first-order valence-corrected chi connectivity index (χ1v) is 11.6. The Morgan fingerprint density at radius 1 is 1.12 bits per heavy atom. The molecule has 1 unspecified atom stereocenters. The molecule has 4 rings (SSSR count). The maximum atomic E-state index is 14.5. The monoisotopic (exact) mass is 448 g/mol. The highest BCUT2D eigenvalue weighted by molar-refractivity contribution is 7.71. The molecule has 0 saturated heterocycles. The second kappa shape index (κ2) is 8.33. The Kier molecular flexibility index (Phi) is 5.56. The second-order valence-electron chi connectivity index (χ2n) is 7.34. The van der Waals surface area contributed by atoms with Crippen LogP contribution in [0.2, 0.25) is 0 Å². The summed E-state index contributed by atoms with van der Waals surface area (Å²) in [4.78, 5) is 10.5. The van der Waals surface area contributed by atoms with Crippen LogP contribution in [-0.4, -0.2) is 27.0 Å². The summed E-state index contributed by atoms with van der Waals surface area (Å²) >= 11 is 0. The number of benzene rings is 2. The van der Waals surface area contributed by atoms with Crippen molar-refractivity contribution in [1.29, 1.82) is 5.26 Å². The molecule has 1 N–H and O–H groups in total. The van der Waals surface area contributed by atoms with E-state index in [2.05, 4.69) is 16.3 Å². The van der Waals surface area contributed by atoms with Crippen molar-refractivity contribution in [3.63, 3.8) is 0 Å². The highest BCUT2D eigenvalue weighted by Gasteiger charge is 2.41. The number of nitrogens with one attached hydrogen (secondary N) is 1. The van der Waals surface area contributed by atoms with Crippen molar-refractivity contribution in [3.05, 3.63) is 81.7 Å². The molecule has 1 aliphatic heterocycles. The second-order valence-corrected chi connectivity index (χ2v) is 9.63. The summed E-state index contributed by atoms with van der Waals surface area (Å²) in [7, 11) is -3.52. The van der Waals surface area contributed by atoms with Gasteiger partial charge in [0.25, 0.3) is 5.69 Å². The van der Waals surface area contributed by atoms with Crippen molar-refractivity contribution in [1.82, 2.24) is 9.35 Å². The Balaban J connectivity index is 1.85. The van der Waals surface area contributed by atoms with Crippen LogP contribution in [0.3, 0.4) is 0 Å². The molecule has 0 radical (unpaired) electrons. The van der Waals surface area contributed by atoms with E-state index in [1.165, 1.54) is 29.0 Å². The predicted octanol–water partition coefficient (Wildman–Crippen LogP) is 4.50. The molecular formula is C22H21N6O3P. The Morgan fingerprint density at radius 2 is 1.81 bits per heavy atom. The number of nitro groups is 1. The van der Waals surface area contributed by atoms with Gasteiger partial charge in [-0.15, -0.1) is 0 Å². The summed E-state index contributed by atoms with van der Waals surface area (Å²) in [6.07, 6.45) is 1.83. The molecule has 9 nitrogen and oxygen atoms in total. The van der Waals surface area contributed by atoms with Crippen LogP contribution in [0.15, 0.2) is 59.7 Å². The van der Waals surface area contributed by atoms with Crippen LogP contribution in [0.4, 0.5) is 11.4 Å². The van der Waals surface area contributed by atoms with Crippen LogP contribution >= 0.6 is 7.44 Å². The van der Waals surface area contributed by atoms with Crippen LogP contribution in [0.5, 0.6) is 0 Å². The Bertz CT molecular complexity index is 1290. The van der Waals surface area contributed by atoms with Gasteiger partial charge in [0, 0.05) is 40.5 Å². The zero-order chi connectivity index (χ0) is 22.9. The number of nitrogens with zero attached hydrogens (tertiary/aromatic N) is 5. The molecule has 162 valence electrons. The minimum absolute atomic E-state index is 0.0558. The molecule has 0 fully saturated rings. The molecule has 0 aliphatic carbocycles. The molecule has 1 aromatic heterocycles. The first-order chi connectivity index (χ1) is 15.4. The van der Waals surface area contributed by atoms with E-state index in [1.54, 1.807) is 6.21 Å². The fourth-order valence-electron chi connectivity index (χ4n) is 3.95. The van der Waals surface area contributed by atoms with E-state index in [0.717, 1.165) is 22.6 Å². The quantitative estimate of drug-likeness (QED) is 0.337. The van der Waals surface area contributed by atoms with Crippen molar-refractivity contribution in [3.8, 4) is 11.8 Å². The molecule has 0 amide bonds. The van der Waals surface area contributed by atoms with Gasteiger partial charge in [-0.2, -0.15) is 10.4 Å². The predicted molar refractivity (Wildman–Crippen MR) is 124 cm³/mol. The highest BCUT2D eigenvalue weighted by Crippen LogP contribution is 2.53. The lowest BCUT2D eigenvalue weighted by atomic mass is 10.2. The minimum atomic E-state index is -3.52. The van der Waals surface area contributed by atoms with Crippen LogP contribution in [0.1, 0.15) is 23.4 Å². The van der Waals surface area contributed by atoms with E-state index in [0.29, 0.717) is 11.0 Å². The summed E-state index contributed by atoms with van der Waals surface area (Å²) in [5.41, 5.74) is 3.81. The van der Waals surface area contributed by atoms with Gasteiger partial charge in [-0.25, -0.2) is 4.78 Å². The zero-order valence-corrected chi connectivity index (χ0v) is 18.5. The van der Waals surface area contributed by atoms with Crippen molar-refractivity contribution >= 4 is 30.3 Å². The maximum Gasteiger partial charge on any atom is 0.307 e. The molecule has 10 heteroatoms. The molecule has 2 heterocycles. The number of hydrogen-bond donors (Lipinski definition) is 1. The normalized spacial score (nSPS) is 17.0. The highest BCUT2D eigenvalue weighted by atomic mass is 31.2. The maximum absolute atomic E-state index is 14.5. The lowest BCUT2D eigenvalue weighted by Gasteiger charge is -2.33. The standard InChI is InChI=1S/C22H21N6O3P/c1-16-21-15-24-26(14-6-13-23)32(31,25-18-9-11-20(12-10-18)28(29)30)22(21)17(2)27(16)19-7-4-3-5-8-19/h3-5,7-12,15H,6,14H2,1-2H3,(H,25,31). The summed E-state index contributed by atoms with van der Waals surface area (Å²) in [5.74, 6) is 0. The first kappa shape index (κ1) is 21.3. The van der Waals surface area contributed by atoms with Crippen molar-refractivity contribution < 1.29 is 9.49 Å². The van der Waals surface area contributed by atoms with E-state index in [4.69, 9.17) is 5.26 Å². The Labute approximate surface area is 185 Å². The number of para-hydroxylation sites is 1. The van der Waals surface area contributed by atoms with Crippen LogP contribution in [0, 0.1) is 35.3 Å². The van der Waals surface area contributed by atoms with E-state index in [9.17, 15) is 14.7 Å². The number of aromatic nitrogens is 1. The lowest BCUT2D eigenvalue weighted by Crippen LogP contribution is -2.33. The van der Waals surface area contributed by atoms with E-state index in [1.807, 2.05) is 48.7 Å². The van der Waals surface area contributed by atoms with Crippen molar-refractivity contribution in [2.45, 2.75) is 20.3 Å². The van der Waals surface area contributed by atoms with Gasteiger partial charge in [-0.1, -0.05) is 18.2 Å². The first-order valence-electron chi connectivity index (χ1n) is 9.96. The van der Waals surface area contributed by atoms with E-state index < -0.39 is 12.4 Å². The van der Waals surface area contributed by atoms with E-state index >= 15 is 0 Å². The molecule has 0 bridgehead atoms. The van der Waals surface area contributed by atoms with Crippen LogP contribution in [-0.2, 0) is 4.57 Å². The van der Waals surface area contributed by atoms with Gasteiger partial charge in [0.1, 0.15) is 0 Å². The van der Waals surface area contributed by atoms with Gasteiger partial charge in [0.05, 0.1) is 35.5 Å². The number of hydrazone groups is 1. The van der Waals surface area contributed by atoms with Gasteiger partial charge in [0.2, 0.25) is 0 Å². The van der Waals surface area contributed by atoms with Crippen LogP contribution < -0.4 is 10.4 Å². The van der Waals surface area contributed by atoms with Gasteiger partial charge in [-0.3, -0.25) is 14.7 Å². The lowest BCUT2D eigenvalue weighted by molar-refractivity contribution is -0.384. The number of nitriles is 1. The van der Waals surface area contributed by atoms with Crippen molar-refractivity contribution in [2.75, 3.05) is 11.6 Å². The molecule has 2 aromatic carbocycles. The van der Waals surface area contributed by atoms with Gasteiger partial charge in [0.15, 0.2) is 0 Å². The van der Waals surface area contributed by atoms with Gasteiger partial charge in [-0.05, 0) is 38.1 Å². The largest absolute Gasteiger partial charge is 0.317 e. The topological polar surface area (TPSA) is 117 Å². The third kappa shape index (κ3) is 3.55. The SMILES string of the molecule is Cc1c2c(c(C)n1-c1ccccc1)P(=O)(Nc1ccc([N+](=O)[O-])cc1)N(CCC#N)N=C2. The fourth-order valence-corrected chi connectivity index (χ4v) is 6.57. The molecule has 1 aliphatic rings. The summed E-state index contributed by atoms with van der Waals surface area (Å²) in [6.45, 7) is 4.04. The molecule has 0 saturated carbocycles. The third-order valence-corrected chi connectivity index (χ3v) is 8.09. The number of hydrogen-bond acceptors (Lipinski definition) is 5. The van der Waals surface area contributed by atoms with Gasteiger partial charge >= 0.3 is 7.44 Å². The average Bonchev–Trinajstić information content (AvgIpc) is 3.05. The molecule has 1 atom stereocenters. The number of anilines is 1. The van der Waals surface area contributed by atoms with Gasteiger partial charge < -0.3 is 9.65 Å². The summed E-state index contributed by atoms with van der Waals surface area (Å²) in [5, 5.41) is 28.2. The summed E-state index contributed by atoms with van der Waals surface area (Å²) < 4.78 is 18.0. The number of rotatable bonds is 6. The van der Waals surface area contributed by atoms with Crippen molar-refractivity contribution in [2.24, 2.45) is 5.10 Å². The van der Waals surface area contributed by atoms with E-state index in [-0.39, 0.29) is 18.7 Å². The Morgan fingerprint density at radius 3 is 2.44 bits per heavy atom. The number of nitro benzene ring substituents is 1. The third-order valence-electron chi connectivity index (χ3n) is 5.40. The Hall–Kier alpha value is -3.89. The fraction of sp³-hybridized carbons (Fsp3) is 0.182. The molecule has 3 aromatic rings. The number of non-ortho nitro benzene ring substituents is 1. The summed E-state index contributed by atoms with van der Waals surface area (Å²) in [6, 6.07) is 17.6. The number of fused-ring (bicyclic) bond motifs is 1.